The van der Waals surface area contributed by atoms with E-state index in [4.69, 9.17) is 4.74 Å². The van der Waals surface area contributed by atoms with E-state index in [-0.39, 0.29) is 12.1 Å². The summed E-state index contributed by atoms with van der Waals surface area (Å²) in [5.41, 5.74) is -1.10. The Kier molecular flexibility index (Phi) is 4.51. The van der Waals surface area contributed by atoms with E-state index in [1.54, 1.807) is 7.11 Å². The molecule has 1 amide bonds. The first-order valence-corrected chi connectivity index (χ1v) is 5.98. The molecule has 17 heavy (non-hydrogen) atoms. The van der Waals surface area contributed by atoms with Gasteiger partial charge in [-0.25, -0.2) is 4.79 Å². The number of carboxylic acid groups (broad SMARTS) is 1. The van der Waals surface area contributed by atoms with Crippen LogP contribution in [-0.4, -0.2) is 47.2 Å². The first-order chi connectivity index (χ1) is 7.97. The fraction of sp³-hybridized carbons (Fsp3) is 0.833. The third-order valence-corrected chi connectivity index (χ3v) is 3.58. The van der Waals surface area contributed by atoms with E-state index in [1.807, 2.05) is 13.8 Å². The quantitative estimate of drug-likeness (QED) is 0.738. The van der Waals surface area contributed by atoms with Gasteiger partial charge in [0.15, 0.2) is 0 Å². The van der Waals surface area contributed by atoms with Crippen LogP contribution in [0.1, 0.15) is 39.5 Å². The first kappa shape index (κ1) is 14.0. The normalized spacial score (nSPS) is 29.1. The number of hydrogen-bond donors (Lipinski definition) is 1. The summed E-state index contributed by atoms with van der Waals surface area (Å²) in [4.78, 5) is 24.2. The fourth-order valence-electron chi connectivity index (χ4n) is 2.66. The van der Waals surface area contributed by atoms with E-state index < -0.39 is 11.5 Å². The average Bonchev–Trinajstić information content (AvgIpc) is 2.29. The zero-order valence-corrected chi connectivity index (χ0v) is 10.7. The molecule has 0 saturated heterocycles. The standard InChI is InChI=1S/C12H21NO4/c1-9(2)13(8-14)12(11(15)16)6-4-5-10(7-12)17-3/h8-10H,4-7H2,1-3H3,(H,15,16). The molecule has 1 saturated carbocycles. The zero-order valence-electron chi connectivity index (χ0n) is 10.7. The van der Waals surface area contributed by atoms with E-state index in [0.717, 1.165) is 12.8 Å². The molecule has 1 aliphatic carbocycles. The Labute approximate surface area is 102 Å². The topological polar surface area (TPSA) is 66.8 Å². The number of carbonyl (C=O) groups is 2. The van der Waals surface area contributed by atoms with Crippen LogP contribution in [0.3, 0.4) is 0 Å². The predicted octanol–water partition coefficient (Wildman–Crippen LogP) is 1.27. The van der Waals surface area contributed by atoms with Gasteiger partial charge >= 0.3 is 5.97 Å². The van der Waals surface area contributed by atoms with Crippen molar-refractivity contribution in [3.8, 4) is 0 Å². The summed E-state index contributed by atoms with van der Waals surface area (Å²) in [5, 5.41) is 9.50. The highest BCUT2D eigenvalue weighted by Crippen LogP contribution is 2.35. The first-order valence-electron chi connectivity index (χ1n) is 5.98. The van der Waals surface area contributed by atoms with Crippen molar-refractivity contribution in [2.45, 2.75) is 57.2 Å². The highest BCUT2D eigenvalue weighted by atomic mass is 16.5. The van der Waals surface area contributed by atoms with Crippen LogP contribution in [-0.2, 0) is 14.3 Å². The molecule has 2 atom stereocenters. The van der Waals surface area contributed by atoms with Gasteiger partial charge in [0, 0.05) is 19.6 Å². The van der Waals surface area contributed by atoms with Crippen LogP contribution in [0, 0.1) is 0 Å². The van der Waals surface area contributed by atoms with Crippen molar-refractivity contribution >= 4 is 12.4 Å². The van der Waals surface area contributed by atoms with E-state index in [0.29, 0.717) is 19.3 Å². The molecule has 0 radical (unpaired) electrons. The molecule has 0 heterocycles. The number of hydrogen-bond acceptors (Lipinski definition) is 3. The second-order valence-corrected chi connectivity index (χ2v) is 4.90. The van der Waals surface area contributed by atoms with Gasteiger partial charge in [-0.15, -0.1) is 0 Å². The molecule has 1 fully saturated rings. The number of methoxy groups -OCH3 is 1. The van der Waals surface area contributed by atoms with Crippen molar-refractivity contribution in [3.05, 3.63) is 0 Å². The van der Waals surface area contributed by atoms with Crippen LogP contribution in [0.15, 0.2) is 0 Å². The predicted molar refractivity (Wildman–Crippen MR) is 62.7 cm³/mol. The minimum absolute atomic E-state index is 0.0824. The number of amides is 1. The van der Waals surface area contributed by atoms with Crippen molar-refractivity contribution in [1.29, 1.82) is 0 Å². The van der Waals surface area contributed by atoms with Crippen molar-refractivity contribution in [2.24, 2.45) is 0 Å². The Morgan fingerprint density at radius 3 is 2.65 bits per heavy atom. The van der Waals surface area contributed by atoms with Crippen molar-refractivity contribution in [2.75, 3.05) is 7.11 Å². The number of aliphatic carboxylic acids is 1. The van der Waals surface area contributed by atoms with Crippen LogP contribution >= 0.6 is 0 Å². The Morgan fingerprint density at radius 2 is 2.24 bits per heavy atom. The molecular weight excluding hydrogens is 222 g/mol. The maximum Gasteiger partial charge on any atom is 0.329 e. The molecular formula is C12H21NO4. The second kappa shape index (κ2) is 5.49. The van der Waals surface area contributed by atoms with Crippen LogP contribution in [0.2, 0.25) is 0 Å². The molecule has 0 aromatic heterocycles. The lowest BCUT2D eigenvalue weighted by molar-refractivity contribution is -0.163. The number of nitrogens with zero attached hydrogens (tertiary/aromatic N) is 1. The lowest BCUT2D eigenvalue weighted by Crippen LogP contribution is -2.59. The van der Waals surface area contributed by atoms with Gasteiger partial charge in [-0.2, -0.15) is 0 Å². The Balaban J connectivity index is 3.03. The summed E-state index contributed by atoms with van der Waals surface area (Å²) in [6, 6.07) is -0.126. The minimum Gasteiger partial charge on any atom is -0.479 e. The lowest BCUT2D eigenvalue weighted by Gasteiger charge is -2.45. The molecule has 1 N–H and O–H groups in total. The van der Waals surface area contributed by atoms with Crippen molar-refractivity contribution in [1.82, 2.24) is 4.90 Å². The van der Waals surface area contributed by atoms with Gasteiger partial charge in [-0.05, 0) is 33.1 Å². The molecule has 2 unspecified atom stereocenters. The van der Waals surface area contributed by atoms with Gasteiger partial charge in [0.25, 0.3) is 0 Å². The molecule has 0 aromatic carbocycles. The zero-order chi connectivity index (χ0) is 13.1. The summed E-state index contributed by atoms with van der Waals surface area (Å²) >= 11 is 0. The van der Waals surface area contributed by atoms with Gasteiger partial charge in [-0.1, -0.05) is 0 Å². The summed E-state index contributed by atoms with van der Waals surface area (Å²) < 4.78 is 5.27. The smallest absolute Gasteiger partial charge is 0.329 e. The van der Waals surface area contributed by atoms with E-state index in [2.05, 4.69) is 0 Å². The molecule has 5 nitrogen and oxygen atoms in total. The molecule has 0 bridgehead atoms. The minimum atomic E-state index is -1.10. The second-order valence-electron chi connectivity index (χ2n) is 4.90. The third-order valence-electron chi connectivity index (χ3n) is 3.58. The average molecular weight is 243 g/mol. The fourth-order valence-corrected chi connectivity index (χ4v) is 2.66. The summed E-state index contributed by atoms with van der Waals surface area (Å²) in [6.45, 7) is 3.66. The Hall–Kier alpha value is -1.10. The molecule has 5 heteroatoms. The maximum absolute atomic E-state index is 11.6. The third kappa shape index (κ3) is 2.60. The van der Waals surface area contributed by atoms with Gasteiger partial charge < -0.3 is 14.7 Å². The summed E-state index contributed by atoms with van der Waals surface area (Å²) in [6.07, 6.45) is 3.06. The lowest BCUT2D eigenvalue weighted by atomic mass is 9.78. The van der Waals surface area contributed by atoms with Crippen LogP contribution in [0.25, 0.3) is 0 Å². The Bertz CT molecular complexity index is 292. The van der Waals surface area contributed by atoms with Crippen molar-refractivity contribution in [3.63, 3.8) is 0 Å². The number of carbonyl (C=O) groups excluding carboxylic acids is 1. The van der Waals surface area contributed by atoms with Crippen LogP contribution in [0.5, 0.6) is 0 Å². The summed E-state index contributed by atoms with van der Waals surface area (Å²) in [7, 11) is 1.59. The monoisotopic (exact) mass is 243 g/mol. The maximum atomic E-state index is 11.6. The number of ether oxygens (including phenoxy) is 1. The molecule has 0 spiro atoms. The number of carboxylic acids is 1. The molecule has 1 rings (SSSR count). The van der Waals surface area contributed by atoms with Crippen LogP contribution < -0.4 is 0 Å². The molecule has 0 aliphatic heterocycles. The highest BCUT2D eigenvalue weighted by molar-refractivity contribution is 5.82. The van der Waals surface area contributed by atoms with E-state index >= 15 is 0 Å². The van der Waals surface area contributed by atoms with E-state index in [9.17, 15) is 14.7 Å². The highest BCUT2D eigenvalue weighted by Gasteiger charge is 2.48. The van der Waals surface area contributed by atoms with Crippen LogP contribution in [0.4, 0.5) is 0 Å². The van der Waals surface area contributed by atoms with Gasteiger partial charge in [0.2, 0.25) is 6.41 Å². The largest absolute Gasteiger partial charge is 0.479 e. The molecule has 98 valence electrons. The SMILES string of the molecule is COC1CCCC(C(=O)O)(N(C=O)C(C)C)C1. The molecule has 1 aliphatic rings. The van der Waals surface area contributed by atoms with Gasteiger partial charge in [0.1, 0.15) is 5.54 Å². The number of rotatable bonds is 5. The Morgan fingerprint density at radius 1 is 1.59 bits per heavy atom. The van der Waals surface area contributed by atoms with Gasteiger partial charge in [-0.3, -0.25) is 4.79 Å². The summed E-state index contributed by atoms with van der Waals surface area (Å²) in [5.74, 6) is -0.931. The van der Waals surface area contributed by atoms with E-state index in [1.165, 1.54) is 4.90 Å². The van der Waals surface area contributed by atoms with Gasteiger partial charge in [0.05, 0.1) is 6.10 Å². The molecule has 0 aromatic rings. The van der Waals surface area contributed by atoms with Crippen molar-refractivity contribution < 1.29 is 19.4 Å².